The fourth-order valence-corrected chi connectivity index (χ4v) is 1.56. The van der Waals surface area contributed by atoms with Crippen LogP contribution in [0.15, 0.2) is 18.2 Å². The van der Waals surface area contributed by atoms with E-state index in [0.717, 1.165) is 5.69 Å². The van der Waals surface area contributed by atoms with Gasteiger partial charge >= 0.3 is 5.97 Å². The van der Waals surface area contributed by atoms with Crippen LogP contribution in [0.25, 0.3) is 0 Å². The Morgan fingerprint density at radius 3 is 2.81 bits per heavy atom. The lowest BCUT2D eigenvalue weighted by Gasteiger charge is -2.24. The Balaban J connectivity index is 2.36. The third-order valence-electron chi connectivity index (χ3n) is 2.46. The third kappa shape index (κ3) is 1.71. The van der Waals surface area contributed by atoms with E-state index in [1.54, 1.807) is 25.1 Å². The zero-order valence-corrected chi connectivity index (χ0v) is 9.03. The van der Waals surface area contributed by atoms with E-state index in [-0.39, 0.29) is 11.9 Å². The molecule has 2 N–H and O–H groups in total. The maximum absolute atomic E-state index is 11.4. The standard InChI is InChI=1S/C11H12N2O3/c1-6-10(14)13-8-4-3-7(11(15)16-2)5-9(8)12-6/h3-6,12H,1-2H3,(H,13,14). The molecule has 5 heteroatoms. The number of methoxy groups -OCH3 is 1. The molecule has 0 bridgehead atoms. The average molecular weight is 220 g/mol. The number of carbonyl (C=O) groups is 2. The van der Waals surface area contributed by atoms with E-state index in [0.29, 0.717) is 11.3 Å². The first kappa shape index (κ1) is 10.5. The van der Waals surface area contributed by atoms with Gasteiger partial charge in [0.15, 0.2) is 0 Å². The van der Waals surface area contributed by atoms with E-state index in [9.17, 15) is 9.59 Å². The molecule has 0 aliphatic carbocycles. The van der Waals surface area contributed by atoms with Crippen LogP contribution in [0.2, 0.25) is 0 Å². The van der Waals surface area contributed by atoms with Gasteiger partial charge in [-0.05, 0) is 25.1 Å². The Hall–Kier alpha value is -2.04. The van der Waals surface area contributed by atoms with Crippen LogP contribution >= 0.6 is 0 Å². The molecule has 1 heterocycles. The molecule has 1 aliphatic heterocycles. The van der Waals surface area contributed by atoms with Crippen LogP contribution in [0.4, 0.5) is 11.4 Å². The quantitative estimate of drug-likeness (QED) is 0.698. The molecule has 5 nitrogen and oxygen atoms in total. The number of amides is 1. The number of anilines is 2. The van der Waals surface area contributed by atoms with Crippen molar-refractivity contribution in [3.8, 4) is 0 Å². The van der Waals surface area contributed by atoms with Gasteiger partial charge in [0.2, 0.25) is 5.91 Å². The van der Waals surface area contributed by atoms with Crippen LogP contribution in [-0.4, -0.2) is 25.0 Å². The lowest BCUT2D eigenvalue weighted by molar-refractivity contribution is -0.116. The maximum atomic E-state index is 11.4. The number of ether oxygens (including phenoxy) is 1. The van der Waals surface area contributed by atoms with Crippen molar-refractivity contribution in [3.63, 3.8) is 0 Å². The number of rotatable bonds is 1. The minimum absolute atomic E-state index is 0.0849. The molecule has 16 heavy (non-hydrogen) atoms. The summed E-state index contributed by atoms with van der Waals surface area (Å²) in [5.74, 6) is -0.479. The van der Waals surface area contributed by atoms with Gasteiger partial charge in [-0.1, -0.05) is 0 Å². The van der Waals surface area contributed by atoms with Gasteiger partial charge in [0.25, 0.3) is 0 Å². The predicted octanol–water partition coefficient (Wildman–Crippen LogP) is 1.23. The number of hydrogen-bond acceptors (Lipinski definition) is 4. The van der Waals surface area contributed by atoms with Crippen LogP contribution in [0.3, 0.4) is 0 Å². The first-order valence-electron chi connectivity index (χ1n) is 4.91. The van der Waals surface area contributed by atoms with Gasteiger partial charge in [-0.15, -0.1) is 0 Å². The highest BCUT2D eigenvalue weighted by Crippen LogP contribution is 2.27. The van der Waals surface area contributed by atoms with Gasteiger partial charge in [0, 0.05) is 0 Å². The molecular weight excluding hydrogens is 208 g/mol. The molecule has 1 amide bonds. The lowest BCUT2D eigenvalue weighted by Crippen LogP contribution is -2.36. The molecule has 0 saturated carbocycles. The first-order chi connectivity index (χ1) is 7.61. The van der Waals surface area contributed by atoms with Gasteiger partial charge in [0.05, 0.1) is 24.0 Å². The fourth-order valence-electron chi connectivity index (χ4n) is 1.56. The number of esters is 1. The fraction of sp³-hybridized carbons (Fsp3) is 0.273. The third-order valence-corrected chi connectivity index (χ3v) is 2.46. The van der Waals surface area contributed by atoms with Crippen molar-refractivity contribution in [2.24, 2.45) is 0 Å². The number of carbonyl (C=O) groups excluding carboxylic acids is 2. The Kier molecular flexibility index (Phi) is 2.52. The topological polar surface area (TPSA) is 67.4 Å². The van der Waals surface area contributed by atoms with Gasteiger partial charge in [-0.3, -0.25) is 4.79 Å². The lowest BCUT2D eigenvalue weighted by atomic mass is 10.1. The summed E-state index contributed by atoms with van der Waals surface area (Å²) < 4.78 is 4.62. The van der Waals surface area contributed by atoms with Gasteiger partial charge < -0.3 is 15.4 Å². The van der Waals surface area contributed by atoms with E-state index < -0.39 is 5.97 Å². The number of benzene rings is 1. The van der Waals surface area contributed by atoms with Crippen molar-refractivity contribution in [1.82, 2.24) is 0 Å². The van der Waals surface area contributed by atoms with Crippen molar-refractivity contribution in [2.45, 2.75) is 13.0 Å². The predicted molar refractivity (Wildman–Crippen MR) is 59.5 cm³/mol. The molecule has 0 radical (unpaired) electrons. The number of hydrogen-bond donors (Lipinski definition) is 2. The molecule has 0 saturated heterocycles. The Labute approximate surface area is 92.8 Å². The largest absolute Gasteiger partial charge is 0.465 e. The van der Waals surface area contributed by atoms with E-state index in [4.69, 9.17) is 0 Å². The average Bonchev–Trinajstić information content (AvgIpc) is 2.29. The summed E-state index contributed by atoms with van der Waals surface area (Å²) in [7, 11) is 1.33. The van der Waals surface area contributed by atoms with Crippen molar-refractivity contribution in [3.05, 3.63) is 23.8 Å². The number of fused-ring (bicyclic) bond motifs is 1. The molecule has 1 atom stereocenters. The molecule has 1 unspecified atom stereocenters. The smallest absolute Gasteiger partial charge is 0.337 e. The molecule has 0 aromatic heterocycles. The van der Waals surface area contributed by atoms with E-state index >= 15 is 0 Å². The molecule has 1 aromatic rings. The zero-order chi connectivity index (χ0) is 11.7. The van der Waals surface area contributed by atoms with Crippen molar-refractivity contribution >= 4 is 23.3 Å². The monoisotopic (exact) mass is 220 g/mol. The molecule has 0 spiro atoms. The van der Waals surface area contributed by atoms with Crippen LogP contribution in [0.5, 0.6) is 0 Å². The summed E-state index contributed by atoms with van der Waals surface area (Å²) >= 11 is 0. The van der Waals surface area contributed by atoms with Crippen molar-refractivity contribution in [1.29, 1.82) is 0 Å². The van der Waals surface area contributed by atoms with Gasteiger partial charge in [-0.25, -0.2) is 4.79 Å². The SMILES string of the molecule is COC(=O)c1ccc2c(c1)NC(C)C(=O)N2. The second kappa shape index (κ2) is 3.84. The molecule has 1 aromatic carbocycles. The second-order valence-electron chi connectivity index (χ2n) is 3.61. The molecule has 0 fully saturated rings. The highest BCUT2D eigenvalue weighted by molar-refractivity contribution is 6.04. The summed E-state index contributed by atoms with van der Waals surface area (Å²) in [6, 6.07) is 4.65. The van der Waals surface area contributed by atoms with Crippen LogP contribution in [-0.2, 0) is 9.53 Å². The summed E-state index contributed by atoms with van der Waals surface area (Å²) in [6.45, 7) is 1.75. The molecule has 2 rings (SSSR count). The summed E-state index contributed by atoms with van der Waals surface area (Å²) in [4.78, 5) is 22.7. The Bertz CT molecular complexity index is 457. The second-order valence-corrected chi connectivity index (χ2v) is 3.61. The Morgan fingerprint density at radius 1 is 1.38 bits per heavy atom. The van der Waals surface area contributed by atoms with Crippen molar-refractivity contribution < 1.29 is 14.3 Å². The molecule has 1 aliphatic rings. The van der Waals surface area contributed by atoms with E-state index in [1.165, 1.54) is 7.11 Å². The summed E-state index contributed by atoms with van der Waals surface area (Å²) in [5, 5.41) is 5.75. The van der Waals surface area contributed by atoms with E-state index in [2.05, 4.69) is 15.4 Å². The normalized spacial score (nSPS) is 18.1. The van der Waals surface area contributed by atoms with Crippen LogP contribution < -0.4 is 10.6 Å². The summed E-state index contributed by atoms with van der Waals surface area (Å²) in [5.41, 5.74) is 1.86. The highest BCUT2D eigenvalue weighted by atomic mass is 16.5. The minimum Gasteiger partial charge on any atom is -0.465 e. The van der Waals surface area contributed by atoms with Crippen LogP contribution in [0.1, 0.15) is 17.3 Å². The Morgan fingerprint density at radius 2 is 2.12 bits per heavy atom. The number of nitrogens with one attached hydrogen (secondary N) is 2. The highest BCUT2D eigenvalue weighted by Gasteiger charge is 2.22. The zero-order valence-electron chi connectivity index (χ0n) is 9.03. The summed E-state index contributed by atoms with van der Waals surface area (Å²) in [6.07, 6.45) is 0. The maximum Gasteiger partial charge on any atom is 0.337 e. The van der Waals surface area contributed by atoms with Crippen molar-refractivity contribution in [2.75, 3.05) is 17.7 Å². The van der Waals surface area contributed by atoms with E-state index in [1.807, 2.05) is 0 Å². The minimum atomic E-state index is -0.394. The van der Waals surface area contributed by atoms with Gasteiger partial charge in [0.1, 0.15) is 6.04 Å². The van der Waals surface area contributed by atoms with Crippen LogP contribution in [0, 0.1) is 0 Å². The first-order valence-corrected chi connectivity index (χ1v) is 4.91. The molecular formula is C11H12N2O3. The molecule has 84 valence electrons. The van der Waals surface area contributed by atoms with Gasteiger partial charge in [-0.2, -0.15) is 0 Å².